The van der Waals surface area contributed by atoms with Gasteiger partial charge in [-0.25, -0.2) is 4.98 Å². The minimum absolute atomic E-state index is 0.102. The molecular formula is C16H18F3N3O2. The summed E-state index contributed by atoms with van der Waals surface area (Å²) in [4.78, 5) is 18.4. The van der Waals surface area contributed by atoms with Crippen LogP contribution in [0.2, 0.25) is 0 Å². The maximum atomic E-state index is 12.8. The zero-order valence-electron chi connectivity index (χ0n) is 13.2. The molecule has 8 heteroatoms. The van der Waals surface area contributed by atoms with Crippen LogP contribution in [0.3, 0.4) is 0 Å². The van der Waals surface area contributed by atoms with E-state index in [2.05, 4.69) is 4.98 Å². The Hall–Kier alpha value is -1.93. The number of hydrogen-bond acceptors (Lipinski definition) is 4. The number of halogens is 3. The van der Waals surface area contributed by atoms with Crippen molar-refractivity contribution in [2.75, 3.05) is 13.1 Å². The number of aryl methyl sites for hydroxylation is 1. The highest BCUT2D eigenvalue weighted by Crippen LogP contribution is 2.38. The van der Waals surface area contributed by atoms with Gasteiger partial charge in [-0.1, -0.05) is 6.07 Å². The summed E-state index contributed by atoms with van der Waals surface area (Å²) in [7, 11) is 0. The van der Waals surface area contributed by atoms with Crippen molar-refractivity contribution in [3.8, 4) is 0 Å². The lowest BCUT2D eigenvalue weighted by molar-refractivity contribution is -0.272. The van der Waals surface area contributed by atoms with E-state index < -0.39 is 11.8 Å². The van der Waals surface area contributed by atoms with Gasteiger partial charge in [-0.3, -0.25) is 14.1 Å². The average Bonchev–Trinajstić information content (AvgIpc) is 2.48. The van der Waals surface area contributed by atoms with Gasteiger partial charge in [-0.05, 0) is 31.9 Å². The summed E-state index contributed by atoms with van der Waals surface area (Å²) < 4.78 is 39.9. The largest absolute Gasteiger partial charge is 0.417 e. The predicted octanol–water partition coefficient (Wildman–Crippen LogP) is 1.89. The number of fused-ring (bicyclic) bond motifs is 1. The van der Waals surface area contributed by atoms with Crippen molar-refractivity contribution in [2.45, 2.75) is 38.1 Å². The molecule has 2 aromatic heterocycles. The van der Waals surface area contributed by atoms with Crippen molar-refractivity contribution in [3.05, 3.63) is 46.0 Å². The first-order valence-electron chi connectivity index (χ1n) is 7.69. The molecular weight excluding hydrogens is 323 g/mol. The maximum absolute atomic E-state index is 12.8. The quantitative estimate of drug-likeness (QED) is 0.906. The Morgan fingerprint density at radius 2 is 1.96 bits per heavy atom. The van der Waals surface area contributed by atoms with Crippen LogP contribution in [0.25, 0.3) is 5.65 Å². The highest BCUT2D eigenvalue weighted by atomic mass is 19.4. The molecule has 0 atom stereocenters. The number of piperidine rings is 1. The molecule has 0 saturated carbocycles. The average molecular weight is 341 g/mol. The Labute approximate surface area is 136 Å². The fraction of sp³-hybridized carbons (Fsp3) is 0.500. The molecule has 1 N–H and O–H groups in total. The molecule has 0 aliphatic carbocycles. The van der Waals surface area contributed by atoms with Crippen LogP contribution < -0.4 is 5.56 Å². The molecule has 130 valence electrons. The standard InChI is InChI=1S/C16H18F3N3O2/c1-11-3-2-4-13-20-12(9-14(23)22(11)13)10-21-7-5-15(24,6-8-21)16(17,18)19/h2-4,9,24H,5-8,10H2,1H3. The number of nitrogens with zero attached hydrogens (tertiary/aromatic N) is 3. The summed E-state index contributed by atoms with van der Waals surface area (Å²) in [6.45, 7) is 2.29. The SMILES string of the molecule is Cc1cccc2nc(CN3CCC(O)(C(F)(F)F)CC3)cc(=O)n12. The summed E-state index contributed by atoms with van der Waals surface area (Å²) in [5, 5.41) is 9.69. The van der Waals surface area contributed by atoms with E-state index >= 15 is 0 Å². The number of likely N-dealkylation sites (tertiary alicyclic amines) is 1. The third-order valence-corrected chi connectivity index (χ3v) is 4.53. The summed E-state index contributed by atoms with van der Waals surface area (Å²) in [6.07, 6.45) is -5.36. The molecule has 1 saturated heterocycles. The lowest BCUT2D eigenvalue weighted by Gasteiger charge is -2.38. The summed E-state index contributed by atoms with van der Waals surface area (Å²) in [5.41, 5.74) is -1.03. The normalized spacial score (nSPS) is 18.9. The van der Waals surface area contributed by atoms with Gasteiger partial charge in [-0.2, -0.15) is 13.2 Å². The van der Waals surface area contributed by atoms with Gasteiger partial charge in [0.05, 0.1) is 5.69 Å². The highest BCUT2D eigenvalue weighted by Gasteiger charge is 2.54. The smallest absolute Gasteiger partial charge is 0.380 e. The second-order valence-electron chi connectivity index (χ2n) is 6.25. The van der Waals surface area contributed by atoms with Crippen molar-refractivity contribution >= 4 is 5.65 Å². The van der Waals surface area contributed by atoms with Crippen molar-refractivity contribution in [1.29, 1.82) is 0 Å². The number of rotatable bonds is 2. The maximum Gasteiger partial charge on any atom is 0.417 e. The second-order valence-corrected chi connectivity index (χ2v) is 6.25. The first-order valence-corrected chi connectivity index (χ1v) is 7.69. The molecule has 0 bridgehead atoms. The molecule has 0 radical (unpaired) electrons. The van der Waals surface area contributed by atoms with E-state index in [4.69, 9.17) is 0 Å². The number of aromatic nitrogens is 2. The molecule has 5 nitrogen and oxygen atoms in total. The zero-order chi connectivity index (χ0) is 17.5. The first kappa shape index (κ1) is 16.9. The molecule has 1 aliphatic heterocycles. The predicted molar refractivity (Wildman–Crippen MR) is 81.7 cm³/mol. The number of pyridine rings is 1. The molecule has 2 aromatic rings. The Morgan fingerprint density at radius 1 is 1.29 bits per heavy atom. The van der Waals surface area contributed by atoms with Crippen LogP contribution >= 0.6 is 0 Å². The molecule has 24 heavy (non-hydrogen) atoms. The second kappa shape index (κ2) is 5.86. The number of alkyl halides is 3. The summed E-state index contributed by atoms with van der Waals surface area (Å²) >= 11 is 0. The highest BCUT2D eigenvalue weighted by molar-refractivity contribution is 5.40. The van der Waals surface area contributed by atoms with Gasteiger partial charge in [0, 0.05) is 31.4 Å². The molecule has 1 aliphatic rings. The van der Waals surface area contributed by atoms with E-state index in [0.29, 0.717) is 11.3 Å². The van der Waals surface area contributed by atoms with Gasteiger partial charge in [0.2, 0.25) is 0 Å². The van der Waals surface area contributed by atoms with E-state index in [1.165, 1.54) is 10.5 Å². The molecule has 0 aromatic carbocycles. The molecule has 3 heterocycles. The van der Waals surface area contributed by atoms with Gasteiger partial charge in [0.15, 0.2) is 5.60 Å². The van der Waals surface area contributed by atoms with Crippen LogP contribution in [0.4, 0.5) is 13.2 Å². The van der Waals surface area contributed by atoms with Crippen molar-refractivity contribution < 1.29 is 18.3 Å². The van der Waals surface area contributed by atoms with E-state index in [-0.39, 0.29) is 38.0 Å². The summed E-state index contributed by atoms with van der Waals surface area (Å²) in [6, 6.07) is 6.73. The molecule has 0 unspecified atom stereocenters. The zero-order valence-corrected chi connectivity index (χ0v) is 13.2. The Balaban J connectivity index is 1.77. The number of aliphatic hydroxyl groups is 1. The van der Waals surface area contributed by atoms with Crippen molar-refractivity contribution in [2.24, 2.45) is 0 Å². The van der Waals surface area contributed by atoms with E-state index in [9.17, 15) is 23.1 Å². The van der Waals surface area contributed by atoms with E-state index in [0.717, 1.165) is 5.69 Å². The van der Waals surface area contributed by atoms with Crippen LogP contribution in [-0.4, -0.2) is 44.3 Å². The topological polar surface area (TPSA) is 57.8 Å². The minimum atomic E-state index is -4.61. The third kappa shape index (κ3) is 3.03. The minimum Gasteiger partial charge on any atom is -0.380 e. The lowest BCUT2D eigenvalue weighted by Crippen LogP contribution is -2.53. The van der Waals surface area contributed by atoms with Crippen LogP contribution in [-0.2, 0) is 6.54 Å². The van der Waals surface area contributed by atoms with Gasteiger partial charge in [0.1, 0.15) is 5.65 Å². The molecule has 0 spiro atoms. The van der Waals surface area contributed by atoms with Crippen molar-refractivity contribution in [1.82, 2.24) is 14.3 Å². The molecule has 3 rings (SSSR count). The fourth-order valence-electron chi connectivity index (χ4n) is 3.04. The van der Waals surface area contributed by atoms with Crippen LogP contribution in [0.5, 0.6) is 0 Å². The van der Waals surface area contributed by atoms with E-state index in [1.807, 2.05) is 0 Å². The van der Waals surface area contributed by atoms with Gasteiger partial charge in [0.25, 0.3) is 5.56 Å². The van der Waals surface area contributed by atoms with Crippen LogP contribution in [0.15, 0.2) is 29.1 Å². The Kier molecular flexibility index (Phi) is 4.13. The molecule has 0 amide bonds. The van der Waals surface area contributed by atoms with Gasteiger partial charge in [-0.15, -0.1) is 0 Å². The van der Waals surface area contributed by atoms with Crippen molar-refractivity contribution in [3.63, 3.8) is 0 Å². The fourth-order valence-corrected chi connectivity index (χ4v) is 3.04. The van der Waals surface area contributed by atoms with Crippen LogP contribution in [0, 0.1) is 6.92 Å². The van der Waals surface area contributed by atoms with E-state index in [1.54, 1.807) is 30.0 Å². The monoisotopic (exact) mass is 341 g/mol. The van der Waals surface area contributed by atoms with Gasteiger partial charge < -0.3 is 5.11 Å². The lowest BCUT2D eigenvalue weighted by atomic mass is 9.91. The molecule has 1 fully saturated rings. The third-order valence-electron chi connectivity index (χ3n) is 4.53. The van der Waals surface area contributed by atoms with Crippen LogP contribution in [0.1, 0.15) is 24.2 Å². The Bertz CT molecular complexity index is 808. The van der Waals surface area contributed by atoms with Gasteiger partial charge >= 0.3 is 6.18 Å². The number of hydrogen-bond donors (Lipinski definition) is 1. The summed E-state index contributed by atoms with van der Waals surface area (Å²) in [5.74, 6) is 0. The first-order chi connectivity index (χ1) is 11.2. The Morgan fingerprint density at radius 3 is 2.58 bits per heavy atom.